The van der Waals surface area contributed by atoms with E-state index in [1.807, 2.05) is 9.80 Å². The molecule has 0 unspecified atom stereocenters. The van der Waals surface area contributed by atoms with Crippen molar-refractivity contribution >= 4 is 35.0 Å². The highest BCUT2D eigenvalue weighted by Gasteiger charge is 2.38. The molecule has 2 aliphatic rings. The van der Waals surface area contributed by atoms with Crippen molar-refractivity contribution in [2.45, 2.75) is 30.4 Å². The quantitative estimate of drug-likeness (QED) is 0.785. The van der Waals surface area contributed by atoms with Gasteiger partial charge in [-0.15, -0.1) is 0 Å². The van der Waals surface area contributed by atoms with Gasteiger partial charge < -0.3 is 15.5 Å². The van der Waals surface area contributed by atoms with Crippen LogP contribution in [0.4, 0.5) is 4.79 Å². The summed E-state index contributed by atoms with van der Waals surface area (Å²) in [4.78, 5) is 16.8. The average Bonchev–Trinajstić information content (AvgIpc) is 2.91. The molecule has 4 nitrogen and oxygen atoms in total. The van der Waals surface area contributed by atoms with Gasteiger partial charge >= 0.3 is 6.03 Å². The lowest BCUT2D eigenvalue weighted by atomic mass is 9.96. The molecule has 2 amide bonds. The van der Waals surface area contributed by atoms with Crippen LogP contribution in [0.5, 0.6) is 0 Å². The molecular weight excluding hydrogens is 266 g/mol. The number of thiocarbonyl (C=S) groups is 1. The van der Waals surface area contributed by atoms with Crippen LogP contribution in [-0.4, -0.2) is 58.0 Å². The molecule has 0 atom stereocenters. The van der Waals surface area contributed by atoms with Crippen molar-refractivity contribution in [2.24, 2.45) is 5.73 Å². The fraction of sp³-hybridized carbons (Fsp3) is 0.833. The van der Waals surface area contributed by atoms with Gasteiger partial charge in [0, 0.05) is 26.2 Å². The average molecular weight is 287 g/mol. The number of urea groups is 1. The Morgan fingerprint density at radius 2 is 1.67 bits per heavy atom. The normalized spacial score (nSPS) is 23.2. The third kappa shape index (κ3) is 2.59. The number of thioether (sulfide) groups is 1. The Morgan fingerprint density at radius 1 is 1.17 bits per heavy atom. The summed E-state index contributed by atoms with van der Waals surface area (Å²) >= 11 is 6.91. The molecule has 0 bridgehead atoms. The molecule has 2 rings (SSSR count). The number of hydrogen-bond acceptors (Lipinski definition) is 3. The van der Waals surface area contributed by atoms with Gasteiger partial charge in [-0.3, -0.25) is 0 Å². The van der Waals surface area contributed by atoms with E-state index in [4.69, 9.17) is 18.0 Å². The van der Waals surface area contributed by atoms with E-state index in [-0.39, 0.29) is 10.8 Å². The predicted octanol–water partition coefficient (Wildman–Crippen LogP) is 1.69. The first-order chi connectivity index (χ1) is 8.59. The summed E-state index contributed by atoms with van der Waals surface area (Å²) in [6.45, 7) is 3.37. The zero-order valence-corrected chi connectivity index (χ0v) is 12.5. The van der Waals surface area contributed by atoms with E-state index in [1.54, 1.807) is 11.8 Å². The first-order valence-corrected chi connectivity index (χ1v) is 8.11. The van der Waals surface area contributed by atoms with E-state index in [1.165, 1.54) is 0 Å². The summed E-state index contributed by atoms with van der Waals surface area (Å²) in [6.07, 6.45) is 6.09. The molecule has 6 heteroatoms. The van der Waals surface area contributed by atoms with E-state index >= 15 is 0 Å². The number of rotatable bonds is 2. The van der Waals surface area contributed by atoms with Crippen molar-refractivity contribution in [3.05, 3.63) is 0 Å². The topological polar surface area (TPSA) is 49.6 Å². The van der Waals surface area contributed by atoms with Gasteiger partial charge in [0.1, 0.15) is 0 Å². The highest BCUT2D eigenvalue weighted by Crippen LogP contribution is 2.35. The van der Waals surface area contributed by atoms with E-state index in [0.29, 0.717) is 4.99 Å². The molecule has 0 aliphatic carbocycles. The van der Waals surface area contributed by atoms with Gasteiger partial charge in [-0.1, -0.05) is 12.2 Å². The Balaban J connectivity index is 1.93. The largest absolute Gasteiger partial charge is 0.392 e. The summed E-state index contributed by atoms with van der Waals surface area (Å²) in [5, 5.41) is 0. The van der Waals surface area contributed by atoms with Crippen LogP contribution >= 0.6 is 24.0 Å². The molecule has 0 spiro atoms. The Morgan fingerprint density at radius 3 is 2.11 bits per heavy atom. The maximum Gasteiger partial charge on any atom is 0.319 e. The van der Waals surface area contributed by atoms with Crippen LogP contribution in [0, 0.1) is 0 Å². The van der Waals surface area contributed by atoms with Gasteiger partial charge in [-0.05, 0) is 31.9 Å². The minimum Gasteiger partial charge on any atom is -0.392 e. The summed E-state index contributed by atoms with van der Waals surface area (Å²) < 4.78 is -0.100. The van der Waals surface area contributed by atoms with Crippen LogP contribution in [0.25, 0.3) is 0 Å². The molecule has 0 aromatic carbocycles. The smallest absolute Gasteiger partial charge is 0.319 e. The van der Waals surface area contributed by atoms with Gasteiger partial charge in [-0.25, -0.2) is 4.79 Å². The number of nitrogens with zero attached hydrogens (tertiary/aromatic N) is 2. The lowest BCUT2D eigenvalue weighted by molar-refractivity contribution is 0.150. The predicted molar refractivity (Wildman–Crippen MR) is 80.0 cm³/mol. The monoisotopic (exact) mass is 287 g/mol. The number of hydrogen-bond donors (Lipinski definition) is 1. The number of likely N-dealkylation sites (tertiary alicyclic amines) is 2. The standard InChI is InChI=1S/C12H21N3OS2/c1-18-12(10(13)17)4-8-15(9-5-12)11(16)14-6-2-3-7-14/h2-9H2,1H3,(H2,13,17). The van der Waals surface area contributed by atoms with Gasteiger partial charge in [0.25, 0.3) is 0 Å². The zero-order chi connectivity index (χ0) is 13.2. The van der Waals surface area contributed by atoms with Crippen LogP contribution in [0.3, 0.4) is 0 Å². The molecule has 2 N–H and O–H groups in total. The van der Waals surface area contributed by atoms with Gasteiger partial charge in [-0.2, -0.15) is 11.8 Å². The Bertz CT molecular complexity index is 334. The lowest BCUT2D eigenvalue weighted by Gasteiger charge is -2.41. The van der Waals surface area contributed by atoms with Gasteiger partial charge in [0.2, 0.25) is 0 Å². The maximum absolute atomic E-state index is 12.3. The minimum absolute atomic E-state index is 0.100. The van der Waals surface area contributed by atoms with Gasteiger partial charge in [0.15, 0.2) is 0 Å². The fourth-order valence-corrected chi connectivity index (χ4v) is 3.96. The molecule has 18 heavy (non-hydrogen) atoms. The first-order valence-electron chi connectivity index (χ1n) is 6.48. The SMILES string of the molecule is CSC1(C(N)=S)CCN(C(=O)N2CCCC2)CC1. The number of carbonyl (C=O) groups is 1. The molecular formula is C12H21N3OS2. The van der Waals surface area contributed by atoms with E-state index in [0.717, 1.165) is 51.9 Å². The van der Waals surface area contributed by atoms with E-state index < -0.39 is 0 Å². The molecule has 102 valence electrons. The van der Waals surface area contributed by atoms with E-state index in [9.17, 15) is 4.79 Å². The number of carbonyl (C=O) groups excluding carboxylic acids is 1. The molecule has 0 aromatic rings. The molecule has 2 fully saturated rings. The Kier molecular flexibility index (Phi) is 4.37. The molecule has 2 heterocycles. The van der Waals surface area contributed by atoms with Crippen LogP contribution in [0.15, 0.2) is 0 Å². The summed E-state index contributed by atoms with van der Waals surface area (Å²) in [7, 11) is 0. The third-order valence-corrected chi connectivity index (χ3v) is 5.99. The van der Waals surface area contributed by atoms with E-state index in [2.05, 4.69) is 6.26 Å². The molecule has 0 saturated carbocycles. The fourth-order valence-electron chi connectivity index (χ4n) is 2.72. The van der Waals surface area contributed by atoms with Crippen LogP contribution in [-0.2, 0) is 0 Å². The van der Waals surface area contributed by atoms with Crippen molar-refractivity contribution in [3.8, 4) is 0 Å². The zero-order valence-electron chi connectivity index (χ0n) is 10.9. The Hall–Kier alpha value is -0.490. The second-order valence-electron chi connectivity index (χ2n) is 5.03. The summed E-state index contributed by atoms with van der Waals surface area (Å²) in [5.41, 5.74) is 5.85. The van der Waals surface area contributed by atoms with Crippen molar-refractivity contribution in [2.75, 3.05) is 32.4 Å². The molecule has 0 radical (unpaired) electrons. The summed E-state index contributed by atoms with van der Waals surface area (Å²) in [5.74, 6) is 0. The highest BCUT2D eigenvalue weighted by atomic mass is 32.2. The first kappa shape index (κ1) is 13.9. The van der Waals surface area contributed by atoms with Crippen molar-refractivity contribution in [3.63, 3.8) is 0 Å². The minimum atomic E-state index is -0.100. The second-order valence-corrected chi connectivity index (χ2v) is 6.66. The number of piperidine rings is 1. The molecule has 2 saturated heterocycles. The van der Waals surface area contributed by atoms with Crippen molar-refractivity contribution in [1.29, 1.82) is 0 Å². The summed E-state index contributed by atoms with van der Waals surface area (Å²) in [6, 6.07) is 0.199. The van der Waals surface area contributed by atoms with Gasteiger partial charge in [0.05, 0.1) is 9.74 Å². The van der Waals surface area contributed by atoms with Crippen LogP contribution in [0.1, 0.15) is 25.7 Å². The lowest BCUT2D eigenvalue weighted by Crippen LogP contribution is -2.53. The number of nitrogens with two attached hydrogens (primary N) is 1. The highest BCUT2D eigenvalue weighted by molar-refractivity contribution is 8.02. The van der Waals surface area contributed by atoms with Crippen LogP contribution in [0.2, 0.25) is 0 Å². The van der Waals surface area contributed by atoms with Crippen molar-refractivity contribution < 1.29 is 4.79 Å². The Labute approximate surface area is 118 Å². The van der Waals surface area contributed by atoms with Crippen LogP contribution < -0.4 is 5.73 Å². The number of amides is 2. The molecule has 2 aliphatic heterocycles. The third-order valence-electron chi connectivity index (χ3n) is 4.06. The second kappa shape index (κ2) is 5.65. The van der Waals surface area contributed by atoms with Crippen molar-refractivity contribution in [1.82, 2.24) is 9.80 Å². The molecule has 0 aromatic heterocycles. The maximum atomic E-state index is 12.3.